The summed E-state index contributed by atoms with van der Waals surface area (Å²) in [5.41, 5.74) is 2.30. The van der Waals surface area contributed by atoms with Gasteiger partial charge in [-0.25, -0.2) is 9.97 Å². The number of anilines is 1. The van der Waals surface area contributed by atoms with Crippen molar-refractivity contribution in [1.29, 1.82) is 0 Å². The van der Waals surface area contributed by atoms with Gasteiger partial charge >= 0.3 is 0 Å². The number of β-amino-alcohol motifs (C(OH)–C–C–N with tert-alkyl or cyclic N) is 1. The van der Waals surface area contributed by atoms with Crippen LogP contribution in [0.2, 0.25) is 0 Å². The fraction of sp³-hybridized carbons (Fsp3) is 0.444. The normalized spacial score (nSPS) is 17.0. The van der Waals surface area contributed by atoms with E-state index in [-0.39, 0.29) is 12.0 Å². The van der Waals surface area contributed by atoms with Crippen molar-refractivity contribution in [3.8, 4) is 0 Å². The van der Waals surface area contributed by atoms with Gasteiger partial charge in [0.05, 0.1) is 17.1 Å². The number of rotatable bonds is 5. The zero-order valence-electron chi connectivity index (χ0n) is 15.4. The number of H-pyrrole nitrogens is 1. The monoisotopic (exact) mass is 369 g/mol. The molecule has 2 aromatic heterocycles. The second kappa shape index (κ2) is 6.99. The van der Waals surface area contributed by atoms with Crippen molar-refractivity contribution >= 4 is 22.9 Å². The van der Waals surface area contributed by atoms with Gasteiger partial charge in [0.2, 0.25) is 5.95 Å². The summed E-state index contributed by atoms with van der Waals surface area (Å²) in [6.07, 6.45) is 1.02. The number of imidazole rings is 1. The lowest BCUT2D eigenvalue weighted by Crippen LogP contribution is -2.25. The highest BCUT2D eigenvalue weighted by atomic mass is 16.3. The molecule has 27 heavy (non-hydrogen) atoms. The number of nitrogens with zero attached hydrogens (tertiary/aromatic N) is 5. The first-order valence-electron chi connectivity index (χ1n) is 9.07. The standard InChI is InChI=1S/C18H23N7O2/c1-11-20-16(23-22-11)5-7-19-17(27)12-3-4-15-14(9-12)21-18(24(15)2)25-8-6-13(26)10-25/h3-4,9,13,26H,5-8,10H2,1-2H3,(H,19,27)(H,20,22,23)/t13-/m0/s1. The summed E-state index contributed by atoms with van der Waals surface area (Å²) >= 11 is 0. The Bertz CT molecular complexity index is 977. The van der Waals surface area contributed by atoms with Crippen LogP contribution in [0.3, 0.4) is 0 Å². The molecular formula is C18H23N7O2. The van der Waals surface area contributed by atoms with Crippen LogP contribution < -0.4 is 10.2 Å². The second-order valence-electron chi connectivity index (χ2n) is 6.91. The number of carbonyl (C=O) groups excluding carboxylic acids is 1. The molecule has 0 spiro atoms. The minimum absolute atomic E-state index is 0.145. The average molecular weight is 369 g/mol. The third kappa shape index (κ3) is 3.50. The molecular weight excluding hydrogens is 346 g/mol. The molecule has 0 saturated carbocycles. The second-order valence-corrected chi connectivity index (χ2v) is 6.91. The Hall–Kier alpha value is -2.94. The third-order valence-electron chi connectivity index (χ3n) is 4.84. The lowest BCUT2D eigenvalue weighted by Gasteiger charge is -2.16. The topological polar surface area (TPSA) is 112 Å². The number of carbonyl (C=O) groups is 1. The number of fused-ring (bicyclic) bond motifs is 1. The van der Waals surface area contributed by atoms with E-state index in [1.54, 1.807) is 12.1 Å². The van der Waals surface area contributed by atoms with Crippen LogP contribution in [-0.4, -0.2) is 61.5 Å². The molecule has 9 nitrogen and oxygen atoms in total. The molecule has 0 bridgehead atoms. The fourth-order valence-electron chi connectivity index (χ4n) is 3.43. The van der Waals surface area contributed by atoms with Gasteiger partial charge in [-0.05, 0) is 31.5 Å². The SMILES string of the molecule is Cc1nc(CCNC(=O)c2ccc3c(c2)nc(N2CC[C@H](O)C2)n3C)n[nH]1. The number of nitrogens with one attached hydrogen (secondary N) is 2. The zero-order chi connectivity index (χ0) is 19.0. The van der Waals surface area contributed by atoms with Crippen LogP contribution in [0.15, 0.2) is 18.2 Å². The molecule has 0 unspecified atom stereocenters. The first-order valence-corrected chi connectivity index (χ1v) is 9.07. The summed E-state index contributed by atoms with van der Waals surface area (Å²) in [5.74, 6) is 2.12. The minimum atomic E-state index is -0.307. The molecule has 0 aliphatic carbocycles. The molecule has 142 valence electrons. The number of aliphatic hydroxyl groups is 1. The van der Waals surface area contributed by atoms with Gasteiger partial charge in [-0.2, -0.15) is 5.10 Å². The number of aromatic amines is 1. The molecule has 3 heterocycles. The van der Waals surface area contributed by atoms with Gasteiger partial charge in [0.1, 0.15) is 5.82 Å². The minimum Gasteiger partial charge on any atom is -0.391 e. The van der Waals surface area contributed by atoms with Crippen LogP contribution in [0.4, 0.5) is 5.95 Å². The van der Waals surface area contributed by atoms with Crippen molar-refractivity contribution < 1.29 is 9.90 Å². The van der Waals surface area contributed by atoms with Crippen LogP contribution in [-0.2, 0) is 13.5 Å². The van der Waals surface area contributed by atoms with Gasteiger partial charge in [-0.15, -0.1) is 0 Å². The van der Waals surface area contributed by atoms with E-state index in [0.717, 1.165) is 35.8 Å². The summed E-state index contributed by atoms with van der Waals surface area (Å²) in [5, 5.41) is 19.5. The third-order valence-corrected chi connectivity index (χ3v) is 4.84. The Balaban J connectivity index is 1.46. The van der Waals surface area contributed by atoms with Crippen molar-refractivity contribution in [2.75, 3.05) is 24.5 Å². The Kier molecular flexibility index (Phi) is 4.53. The van der Waals surface area contributed by atoms with Crippen LogP contribution in [0.5, 0.6) is 0 Å². The number of aryl methyl sites for hydroxylation is 2. The van der Waals surface area contributed by atoms with Crippen LogP contribution in [0.25, 0.3) is 11.0 Å². The highest BCUT2D eigenvalue weighted by Gasteiger charge is 2.24. The van der Waals surface area contributed by atoms with Crippen molar-refractivity contribution in [1.82, 2.24) is 30.0 Å². The largest absolute Gasteiger partial charge is 0.391 e. The van der Waals surface area contributed by atoms with Gasteiger partial charge in [-0.1, -0.05) is 0 Å². The molecule has 1 saturated heterocycles. The lowest BCUT2D eigenvalue weighted by molar-refractivity contribution is 0.0954. The van der Waals surface area contributed by atoms with E-state index in [1.165, 1.54) is 0 Å². The molecule has 1 aliphatic rings. The van der Waals surface area contributed by atoms with Gasteiger partial charge in [-0.3, -0.25) is 9.89 Å². The maximum Gasteiger partial charge on any atom is 0.251 e. The maximum atomic E-state index is 12.4. The molecule has 0 radical (unpaired) electrons. The summed E-state index contributed by atoms with van der Waals surface area (Å²) < 4.78 is 2.00. The van der Waals surface area contributed by atoms with Gasteiger partial charge in [0.15, 0.2) is 5.82 Å². The predicted molar refractivity (Wildman–Crippen MR) is 101 cm³/mol. The molecule has 1 atom stereocenters. The van der Waals surface area contributed by atoms with Crippen molar-refractivity contribution in [2.24, 2.45) is 7.05 Å². The Morgan fingerprint density at radius 3 is 2.96 bits per heavy atom. The van der Waals surface area contributed by atoms with Gasteiger partial charge in [0.25, 0.3) is 5.91 Å². The number of hydrogen-bond acceptors (Lipinski definition) is 6. The van der Waals surface area contributed by atoms with Crippen molar-refractivity contribution in [3.63, 3.8) is 0 Å². The van der Waals surface area contributed by atoms with E-state index in [0.29, 0.717) is 30.9 Å². The predicted octanol–water partition coefficient (Wildman–Crippen LogP) is 0.543. The summed E-state index contributed by atoms with van der Waals surface area (Å²) in [6, 6.07) is 5.52. The highest BCUT2D eigenvalue weighted by Crippen LogP contribution is 2.25. The van der Waals surface area contributed by atoms with E-state index in [2.05, 4.69) is 30.4 Å². The number of benzene rings is 1. The molecule has 9 heteroatoms. The maximum absolute atomic E-state index is 12.4. The molecule has 3 aromatic rings. The summed E-state index contributed by atoms with van der Waals surface area (Å²) in [4.78, 5) is 23.4. The Labute approximate surface area is 156 Å². The van der Waals surface area contributed by atoms with Crippen LogP contribution in [0.1, 0.15) is 28.4 Å². The van der Waals surface area contributed by atoms with Crippen molar-refractivity contribution in [2.45, 2.75) is 25.9 Å². The molecule has 1 fully saturated rings. The summed E-state index contributed by atoms with van der Waals surface area (Å²) in [7, 11) is 1.95. The van der Waals surface area contributed by atoms with E-state index < -0.39 is 0 Å². The van der Waals surface area contributed by atoms with E-state index in [1.807, 2.05) is 24.6 Å². The number of amides is 1. The highest BCUT2D eigenvalue weighted by molar-refractivity contribution is 5.97. The van der Waals surface area contributed by atoms with Crippen LogP contribution >= 0.6 is 0 Å². The molecule has 1 amide bonds. The smallest absolute Gasteiger partial charge is 0.251 e. The summed E-state index contributed by atoms with van der Waals surface area (Å²) in [6.45, 7) is 3.68. The number of aliphatic hydroxyl groups excluding tert-OH is 1. The number of aromatic nitrogens is 5. The van der Waals surface area contributed by atoms with Crippen LogP contribution in [0, 0.1) is 6.92 Å². The first-order chi connectivity index (χ1) is 13.0. The zero-order valence-corrected chi connectivity index (χ0v) is 15.4. The van der Waals surface area contributed by atoms with E-state index >= 15 is 0 Å². The lowest BCUT2D eigenvalue weighted by atomic mass is 10.2. The van der Waals surface area contributed by atoms with E-state index in [9.17, 15) is 9.90 Å². The average Bonchev–Trinajstić information content (AvgIpc) is 3.34. The molecule has 1 aromatic carbocycles. The van der Waals surface area contributed by atoms with Gasteiger partial charge < -0.3 is 19.9 Å². The fourth-order valence-corrected chi connectivity index (χ4v) is 3.43. The molecule has 3 N–H and O–H groups in total. The Morgan fingerprint density at radius 1 is 1.41 bits per heavy atom. The number of hydrogen-bond donors (Lipinski definition) is 3. The van der Waals surface area contributed by atoms with Gasteiger partial charge in [0, 0.05) is 38.7 Å². The molecule has 4 rings (SSSR count). The van der Waals surface area contributed by atoms with Crippen molar-refractivity contribution in [3.05, 3.63) is 35.4 Å². The Morgan fingerprint density at radius 2 is 2.26 bits per heavy atom. The first kappa shape index (κ1) is 17.5. The van der Waals surface area contributed by atoms with E-state index in [4.69, 9.17) is 0 Å². The quantitative estimate of drug-likeness (QED) is 0.605. The molecule has 1 aliphatic heterocycles.